The van der Waals surface area contributed by atoms with Gasteiger partial charge in [0.05, 0.1) is 5.50 Å². The van der Waals surface area contributed by atoms with Gasteiger partial charge >= 0.3 is 0 Å². The van der Waals surface area contributed by atoms with Crippen molar-refractivity contribution in [3.8, 4) is 0 Å². The molecule has 0 amide bonds. The first-order chi connectivity index (χ1) is 2.64. The molecular formula is C3H10Cl2N2. The molecule has 0 spiro atoms. The SMILES string of the molecule is CC(Cl)N(C)N.Cl. The van der Waals surface area contributed by atoms with Gasteiger partial charge in [-0.15, -0.1) is 24.0 Å². The molecule has 1 atom stereocenters. The summed E-state index contributed by atoms with van der Waals surface area (Å²) in [6.07, 6.45) is 0. The molecule has 0 aliphatic rings. The third-order valence-corrected chi connectivity index (χ3v) is 0.869. The number of hydrazine groups is 1. The molecule has 2 nitrogen and oxygen atoms in total. The second-order valence-corrected chi connectivity index (χ2v) is 1.87. The summed E-state index contributed by atoms with van der Waals surface area (Å²) in [4.78, 5) is 0. The first kappa shape index (κ1) is 10.5. The van der Waals surface area contributed by atoms with Crippen LogP contribution in [0.1, 0.15) is 6.92 Å². The van der Waals surface area contributed by atoms with Gasteiger partial charge in [0.15, 0.2) is 0 Å². The van der Waals surface area contributed by atoms with Crippen molar-refractivity contribution >= 4 is 24.0 Å². The fraction of sp³-hybridized carbons (Fsp3) is 1.00. The summed E-state index contributed by atoms with van der Waals surface area (Å²) < 4.78 is 0. The number of hydrogen-bond acceptors (Lipinski definition) is 2. The van der Waals surface area contributed by atoms with E-state index in [1.54, 1.807) is 7.05 Å². The zero-order chi connectivity index (χ0) is 5.15. The van der Waals surface area contributed by atoms with Gasteiger partial charge < -0.3 is 0 Å². The Morgan fingerprint density at radius 1 is 1.71 bits per heavy atom. The molecule has 0 aromatic heterocycles. The summed E-state index contributed by atoms with van der Waals surface area (Å²) in [5.41, 5.74) is -0.0648. The zero-order valence-electron chi connectivity index (χ0n) is 4.39. The number of nitrogens with two attached hydrogens (primary N) is 1. The van der Waals surface area contributed by atoms with Crippen LogP contribution >= 0.6 is 24.0 Å². The fourth-order valence-corrected chi connectivity index (χ4v) is 0. The maximum atomic E-state index is 5.41. The molecule has 4 heteroatoms. The smallest absolute Gasteiger partial charge is 0.0948 e. The van der Waals surface area contributed by atoms with Crippen molar-refractivity contribution in [1.82, 2.24) is 5.01 Å². The lowest BCUT2D eigenvalue weighted by Gasteiger charge is -2.09. The lowest BCUT2D eigenvalue weighted by atomic mass is 10.7. The van der Waals surface area contributed by atoms with Gasteiger partial charge in [0, 0.05) is 7.05 Å². The van der Waals surface area contributed by atoms with Crippen LogP contribution in [0.4, 0.5) is 0 Å². The number of nitrogens with zero attached hydrogens (tertiary/aromatic N) is 1. The van der Waals surface area contributed by atoms with E-state index in [1.165, 1.54) is 5.01 Å². The van der Waals surface area contributed by atoms with E-state index in [0.29, 0.717) is 0 Å². The predicted molar refractivity (Wildman–Crippen MR) is 34.5 cm³/mol. The van der Waals surface area contributed by atoms with Crippen LogP contribution in [0.15, 0.2) is 0 Å². The average molecular weight is 145 g/mol. The van der Waals surface area contributed by atoms with Gasteiger partial charge in [0.25, 0.3) is 0 Å². The molecule has 0 aromatic rings. The van der Waals surface area contributed by atoms with Crippen molar-refractivity contribution in [2.24, 2.45) is 5.84 Å². The third kappa shape index (κ3) is 6.50. The lowest BCUT2D eigenvalue weighted by Crippen LogP contribution is -2.31. The normalized spacial score (nSPS) is 13.3. The monoisotopic (exact) mass is 144 g/mol. The van der Waals surface area contributed by atoms with Crippen LogP contribution < -0.4 is 5.84 Å². The maximum Gasteiger partial charge on any atom is 0.0948 e. The molecule has 1 unspecified atom stereocenters. The van der Waals surface area contributed by atoms with Crippen molar-refractivity contribution < 1.29 is 0 Å². The summed E-state index contributed by atoms with van der Waals surface area (Å²) in [7, 11) is 1.72. The fourth-order valence-electron chi connectivity index (χ4n) is 0. The molecule has 0 heterocycles. The highest BCUT2D eigenvalue weighted by atomic mass is 35.5. The Balaban J connectivity index is 0. The molecule has 0 saturated carbocycles. The van der Waals surface area contributed by atoms with Crippen LogP contribution in [0.2, 0.25) is 0 Å². The Morgan fingerprint density at radius 2 is 1.86 bits per heavy atom. The standard InChI is InChI=1S/C3H9ClN2.ClH/c1-3(4)6(2)5;/h3H,5H2,1-2H3;1H. The molecule has 0 rings (SSSR count). The molecule has 0 aromatic carbocycles. The highest BCUT2D eigenvalue weighted by molar-refractivity contribution is 6.19. The minimum Gasteiger partial charge on any atom is -0.268 e. The van der Waals surface area contributed by atoms with Gasteiger partial charge in [-0.05, 0) is 6.92 Å². The van der Waals surface area contributed by atoms with E-state index < -0.39 is 0 Å². The summed E-state index contributed by atoms with van der Waals surface area (Å²) >= 11 is 5.41. The van der Waals surface area contributed by atoms with Crippen LogP contribution in [0, 0.1) is 0 Å². The first-order valence-electron chi connectivity index (χ1n) is 1.76. The first-order valence-corrected chi connectivity index (χ1v) is 2.20. The number of halogens is 2. The molecular weight excluding hydrogens is 135 g/mol. The van der Waals surface area contributed by atoms with Crippen molar-refractivity contribution in [2.45, 2.75) is 12.4 Å². The summed E-state index contributed by atoms with van der Waals surface area (Å²) in [5.74, 6) is 5.14. The largest absolute Gasteiger partial charge is 0.268 e. The minimum absolute atomic E-state index is 0. The second-order valence-electron chi connectivity index (χ2n) is 1.24. The Labute approximate surface area is 55.0 Å². The molecule has 0 saturated heterocycles. The Hall–Kier alpha value is 0.500. The minimum atomic E-state index is -0.0648. The van der Waals surface area contributed by atoms with Crippen LogP contribution in [-0.2, 0) is 0 Å². The molecule has 0 fully saturated rings. The van der Waals surface area contributed by atoms with Crippen LogP contribution in [0.5, 0.6) is 0 Å². The van der Waals surface area contributed by atoms with Crippen LogP contribution in [0.3, 0.4) is 0 Å². The molecule has 0 radical (unpaired) electrons. The van der Waals surface area contributed by atoms with E-state index in [-0.39, 0.29) is 17.9 Å². The van der Waals surface area contributed by atoms with E-state index in [2.05, 4.69) is 0 Å². The second kappa shape index (κ2) is 4.65. The van der Waals surface area contributed by atoms with Crippen molar-refractivity contribution in [1.29, 1.82) is 0 Å². The molecule has 2 N–H and O–H groups in total. The van der Waals surface area contributed by atoms with Gasteiger partial charge in [-0.1, -0.05) is 0 Å². The van der Waals surface area contributed by atoms with Crippen LogP contribution in [-0.4, -0.2) is 17.6 Å². The lowest BCUT2D eigenvalue weighted by molar-refractivity contribution is 0.337. The van der Waals surface area contributed by atoms with Crippen molar-refractivity contribution in [3.63, 3.8) is 0 Å². The van der Waals surface area contributed by atoms with Gasteiger partial charge in [0.2, 0.25) is 0 Å². The van der Waals surface area contributed by atoms with Crippen molar-refractivity contribution in [3.05, 3.63) is 0 Å². The van der Waals surface area contributed by atoms with E-state index in [4.69, 9.17) is 17.4 Å². The topological polar surface area (TPSA) is 29.3 Å². The van der Waals surface area contributed by atoms with Gasteiger partial charge in [0.1, 0.15) is 0 Å². The zero-order valence-corrected chi connectivity index (χ0v) is 5.96. The highest BCUT2D eigenvalue weighted by Gasteiger charge is 1.93. The van der Waals surface area contributed by atoms with Gasteiger partial charge in [-0.2, -0.15) is 0 Å². The Bertz CT molecular complexity index is 31.9. The summed E-state index contributed by atoms with van der Waals surface area (Å²) in [6.45, 7) is 1.81. The van der Waals surface area contributed by atoms with Gasteiger partial charge in [-0.3, -0.25) is 5.84 Å². The summed E-state index contributed by atoms with van der Waals surface area (Å²) in [6, 6.07) is 0. The van der Waals surface area contributed by atoms with E-state index >= 15 is 0 Å². The Kier molecular flexibility index (Phi) is 6.96. The van der Waals surface area contributed by atoms with E-state index in [0.717, 1.165) is 0 Å². The maximum absolute atomic E-state index is 5.41. The third-order valence-electron chi connectivity index (χ3n) is 0.561. The quantitative estimate of drug-likeness (QED) is 0.256. The molecule has 0 bridgehead atoms. The van der Waals surface area contributed by atoms with Crippen LogP contribution in [0.25, 0.3) is 0 Å². The molecule has 0 aliphatic heterocycles. The number of hydrogen-bond donors (Lipinski definition) is 1. The predicted octanol–water partition coefficient (Wildman–Crippen LogP) is 0.798. The Morgan fingerprint density at radius 3 is 1.86 bits per heavy atom. The summed E-state index contributed by atoms with van der Waals surface area (Å²) in [5, 5.41) is 1.43. The van der Waals surface area contributed by atoms with E-state index in [9.17, 15) is 0 Å². The molecule has 46 valence electrons. The number of alkyl halides is 1. The molecule has 0 aliphatic carbocycles. The van der Waals surface area contributed by atoms with Gasteiger partial charge in [-0.25, -0.2) is 5.01 Å². The van der Waals surface area contributed by atoms with E-state index in [1.807, 2.05) is 6.92 Å². The number of rotatable bonds is 1. The average Bonchev–Trinajstić information content (AvgIpc) is 1.36. The highest BCUT2D eigenvalue weighted by Crippen LogP contribution is 1.90. The molecule has 7 heavy (non-hydrogen) atoms. The van der Waals surface area contributed by atoms with Crippen molar-refractivity contribution in [2.75, 3.05) is 7.05 Å².